The van der Waals surface area contributed by atoms with Crippen LogP contribution in [0, 0.1) is 34.5 Å². The molecule has 8 heteroatoms. The van der Waals surface area contributed by atoms with Crippen LogP contribution in [-0.4, -0.2) is 20.4 Å². The fraction of sp³-hybridized carbons (Fsp3) is 0.487. The van der Waals surface area contributed by atoms with Crippen LogP contribution >= 0.6 is 0 Å². The van der Waals surface area contributed by atoms with Crippen molar-refractivity contribution in [3.05, 3.63) is 57.6 Å². The molecular formula is C39H48N2O6. The number of nitriles is 2. The Morgan fingerprint density at radius 2 is 0.957 bits per heavy atom. The first-order valence-corrected chi connectivity index (χ1v) is 16.4. The number of nitrogens with zero attached hydrogens (tertiary/aromatic N) is 2. The number of phenols is 4. The fourth-order valence-corrected chi connectivity index (χ4v) is 6.80. The second-order valence-electron chi connectivity index (χ2n) is 15.1. The summed E-state index contributed by atoms with van der Waals surface area (Å²) in [6.07, 6.45) is 4.09. The number of rotatable bonds is 2. The molecule has 3 aromatic carbocycles. The highest BCUT2D eigenvalue weighted by Gasteiger charge is 2.57. The Bertz CT molecular complexity index is 1780. The van der Waals surface area contributed by atoms with E-state index in [4.69, 9.17) is 9.47 Å². The van der Waals surface area contributed by atoms with E-state index in [1.54, 1.807) is 12.1 Å². The molecule has 47 heavy (non-hydrogen) atoms. The minimum atomic E-state index is -0.745. The third-order valence-corrected chi connectivity index (χ3v) is 9.81. The van der Waals surface area contributed by atoms with E-state index in [0.29, 0.717) is 11.5 Å². The quantitative estimate of drug-likeness (QED) is 0.158. The molecule has 1 spiro atoms. The highest BCUT2D eigenvalue weighted by molar-refractivity contribution is 5.76. The van der Waals surface area contributed by atoms with E-state index in [-0.39, 0.29) is 45.0 Å². The van der Waals surface area contributed by atoms with Crippen molar-refractivity contribution in [1.29, 1.82) is 10.5 Å². The van der Waals surface area contributed by atoms with E-state index in [0.717, 1.165) is 46.9 Å². The van der Waals surface area contributed by atoms with Gasteiger partial charge in [0.05, 0.1) is 0 Å². The Hall–Kier alpha value is -4.56. The first-order valence-electron chi connectivity index (χ1n) is 16.4. The average molecular weight is 641 g/mol. The zero-order chi connectivity index (χ0) is 35.2. The van der Waals surface area contributed by atoms with Gasteiger partial charge in [-0.3, -0.25) is 0 Å². The summed E-state index contributed by atoms with van der Waals surface area (Å²) >= 11 is 0. The van der Waals surface area contributed by atoms with E-state index in [1.165, 1.54) is 12.8 Å². The maximum absolute atomic E-state index is 10.4. The van der Waals surface area contributed by atoms with E-state index >= 15 is 0 Å². The van der Waals surface area contributed by atoms with E-state index < -0.39 is 16.9 Å². The molecule has 2 aliphatic carbocycles. The van der Waals surface area contributed by atoms with Crippen molar-refractivity contribution in [2.75, 3.05) is 0 Å². The number of phenolic OH excluding ortho intramolecular Hbond substituents is 4. The SMILES string of the molecule is CC1(C)CC2(CC(C)(C)c3cc4c(cc32)Oc2c(C#N)c(O)c(O)c(C#N)c2O4)c2cc(O)c(O)cc21.CCC(C)C.CCC(C)C. The molecule has 1 atom stereocenters. The van der Waals surface area contributed by atoms with Crippen molar-refractivity contribution in [3.63, 3.8) is 0 Å². The number of hydrogen-bond acceptors (Lipinski definition) is 8. The molecule has 4 N–H and O–H groups in total. The first kappa shape index (κ1) is 35.3. The van der Waals surface area contributed by atoms with Gasteiger partial charge in [-0.15, -0.1) is 0 Å². The summed E-state index contributed by atoms with van der Waals surface area (Å²) in [4.78, 5) is 0. The highest BCUT2D eigenvalue weighted by Crippen LogP contribution is 2.66. The normalized spacial score (nSPS) is 18.6. The fourth-order valence-electron chi connectivity index (χ4n) is 6.80. The van der Waals surface area contributed by atoms with E-state index in [1.807, 2.05) is 24.3 Å². The number of fused-ring (bicyclic) bond motifs is 6. The number of hydrogen-bond donors (Lipinski definition) is 4. The number of ether oxygens (including phenoxy) is 2. The van der Waals surface area contributed by atoms with Gasteiger partial charge in [-0.1, -0.05) is 82.1 Å². The first-order chi connectivity index (χ1) is 21.9. The van der Waals surface area contributed by atoms with Gasteiger partial charge in [-0.25, -0.2) is 0 Å². The van der Waals surface area contributed by atoms with Crippen molar-refractivity contribution in [2.45, 2.75) is 111 Å². The summed E-state index contributed by atoms with van der Waals surface area (Å²) in [5.74, 6) is 0.333. The predicted molar refractivity (Wildman–Crippen MR) is 182 cm³/mol. The molecule has 3 aromatic rings. The maximum atomic E-state index is 10.4. The Balaban J connectivity index is 0.000000439. The van der Waals surface area contributed by atoms with Gasteiger partial charge >= 0.3 is 0 Å². The standard InChI is InChI=1S/C29H24N2O6.2C5H12/c1-27(2)11-29(17-6-20(33)19(32)5-15(17)27)12-28(3,4)16-7-21-22(8-18(16)29)37-26-14(10-31)24(35)23(34)13(9-30)25(26)36-21;2*1-4-5(2)3/h5-8,32-35H,11-12H2,1-4H3;2*5H,4H2,1-3H3. The monoisotopic (exact) mass is 640 g/mol. The average Bonchev–Trinajstić information content (AvgIpc) is 3.35. The lowest BCUT2D eigenvalue weighted by Gasteiger charge is -2.31. The topological polar surface area (TPSA) is 147 Å². The van der Waals surface area contributed by atoms with Gasteiger partial charge < -0.3 is 29.9 Å². The smallest absolute Gasteiger partial charge is 0.193 e. The van der Waals surface area contributed by atoms with E-state index in [9.17, 15) is 30.9 Å². The molecule has 0 amide bonds. The van der Waals surface area contributed by atoms with Crippen LogP contribution in [0.3, 0.4) is 0 Å². The lowest BCUT2D eigenvalue weighted by molar-refractivity contribution is 0.341. The molecule has 3 aliphatic rings. The maximum Gasteiger partial charge on any atom is 0.193 e. The molecule has 0 radical (unpaired) electrons. The summed E-state index contributed by atoms with van der Waals surface area (Å²) < 4.78 is 12.1. The van der Waals surface area contributed by atoms with Crippen molar-refractivity contribution in [3.8, 4) is 58.1 Å². The van der Waals surface area contributed by atoms with Crippen LogP contribution < -0.4 is 9.47 Å². The largest absolute Gasteiger partial charge is 0.504 e. The minimum Gasteiger partial charge on any atom is -0.504 e. The van der Waals surface area contributed by atoms with Crippen molar-refractivity contribution < 1.29 is 29.9 Å². The molecule has 1 unspecified atom stereocenters. The highest BCUT2D eigenvalue weighted by atomic mass is 16.6. The third kappa shape index (κ3) is 6.02. The molecule has 6 rings (SSSR count). The van der Waals surface area contributed by atoms with Gasteiger partial charge in [-0.2, -0.15) is 10.5 Å². The van der Waals surface area contributed by atoms with Gasteiger partial charge in [0.25, 0.3) is 0 Å². The molecule has 0 saturated carbocycles. The zero-order valence-electron chi connectivity index (χ0n) is 29.3. The number of aromatic hydroxyl groups is 4. The van der Waals surface area contributed by atoms with Gasteiger partial charge in [0.2, 0.25) is 0 Å². The molecule has 8 nitrogen and oxygen atoms in total. The lowest BCUT2D eigenvalue weighted by Crippen LogP contribution is -2.27. The van der Waals surface area contributed by atoms with Crippen LogP contribution in [-0.2, 0) is 16.2 Å². The van der Waals surface area contributed by atoms with Crippen LogP contribution in [0.15, 0.2) is 24.3 Å². The summed E-state index contributed by atoms with van der Waals surface area (Å²) in [7, 11) is 0. The Kier molecular flexibility index (Phi) is 9.44. The van der Waals surface area contributed by atoms with Gasteiger partial charge in [-0.05, 0) is 82.0 Å². The second kappa shape index (κ2) is 12.6. The van der Waals surface area contributed by atoms with Crippen LogP contribution in [0.4, 0.5) is 0 Å². The minimum absolute atomic E-state index is 0.125. The van der Waals surface area contributed by atoms with E-state index in [2.05, 4.69) is 69.2 Å². The molecule has 1 aliphatic heterocycles. The molecular weight excluding hydrogens is 592 g/mol. The van der Waals surface area contributed by atoms with Gasteiger partial charge in [0, 0.05) is 5.41 Å². The Morgan fingerprint density at radius 1 is 0.638 bits per heavy atom. The van der Waals surface area contributed by atoms with Crippen molar-refractivity contribution >= 4 is 0 Å². The lowest BCUT2D eigenvalue weighted by atomic mass is 9.72. The third-order valence-electron chi connectivity index (χ3n) is 9.81. The Labute approximate surface area is 278 Å². The van der Waals surface area contributed by atoms with Crippen molar-refractivity contribution in [1.82, 2.24) is 0 Å². The predicted octanol–water partition coefficient (Wildman–Crippen LogP) is 9.90. The van der Waals surface area contributed by atoms with Crippen molar-refractivity contribution in [2.24, 2.45) is 11.8 Å². The zero-order valence-corrected chi connectivity index (χ0v) is 29.3. The van der Waals surface area contributed by atoms with Gasteiger partial charge in [0.15, 0.2) is 46.0 Å². The summed E-state index contributed by atoms with van der Waals surface area (Å²) in [6, 6.07) is 10.7. The second-order valence-corrected chi connectivity index (χ2v) is 15.1. The molecule has 0 bridgehead atoms. The molecule has 1 heterocycles. The molecule has 250 valence electrons. The number of benzene rings is 3. The molecule has 0 saturated heterocycles. The summed E-state index contributed by atoms with van der Waals surface area (Å²) in [5, 5.41) is 60.5. The summed E-state index contributed by atoms with van der Waals surface area (Å²) in [5.41, 5.74) is 2.20. The molecule has 0 aromatic heterocycles. The van der Waals surface area contributed by atoms with Crippen LogP contribution in [0.5, 0.6) is 46.0 Å². The van der Waals surface area contributed by atoms with Crippen LogP contribution in [0.1, 0.15) is 128 Å². The molecule has 0 fully saturated rings. The van der Waals surface area contributed by atoms with Crippen LogP contribution in [0.2, 0.25) is 0 Å². The Morgan fingerprint density at radius 3 is 1.32 bits per heavy atom. The van der Waals surface area contributed by atoms with Gasteiger partial charge in [0.1, 0.15) is 23.3 Å². The van der Waals surface area contributed by atoms with Crippen LogP contribution in [0.25, 0.3) is 0 Å². The summed E-state index contributed by atoms with van der Waals surface area (Å²) in [6.45, 7) is 21.8.